The Bertz CT molecular complexity index is 848. The second-order valence-corrected chi connectivity index (χ2v) is 7.47. The molecule has 1 saturated carbocycles. The van der Waals surface area contributed by atoms with E-state index in [-0.39, 0.29) is 17.5 Å². The van der Waals surface area contributed by atoms with Crippen molar-refractivity contribution in [3.05, 3.63) is 42.5 Å². The van der Waals surface area contributed by atoms with Crippen LogP contribution in [0.2, 0.25) is 0 Å². The molecule has 2 amide bonds. The molecular weight excluding hydrogens is 363 g/mol. The van der Waals surface area contributed by atoms with Crippen LogP contribution < -0.4 is 14.8 Å². The predicted molar refractivity (Wildman–Crippen MR) is 101 cm³/mol. The summed E-state index contributed by atoms with van der Waals surface area (Å²) in [5.41, 5.74) is 0.593. The van der Waals surface area contributed by atoms with Crippen molar-refractivity contribution in [3.8, 4) is 11.8 Å². The van der Waals surface area contributed by atoms with Crippen molar-refractivity contribution in [2.45, 2.75) is 19.3 Å². The predicted octanol–water partition coefficient (Wildman–Crippen LogP) is 3.34. The minimum Gasteiger partial charge on any atom is -0.497 e. The van der Waals surface area contributed by atoms with E-state index in [9.17, 15) is 9.18 Å². The first-order chi connectivity index (χ1) is 13.6. The van der Waals surface area contributed by atoms with Gasteiger partial charge in [0.15, 0.2) is 5.82 Å². The molecule has 8 heteroatoms. The van der Waals surface area contributed by atoms with Gasteiger partial charge in [-0.25, -0.2) is 19.2 Å². The highest BCUT2D eigenvalue weighted by molar-refractivity contribution is 5.89. The highest BCUT2D eigenvalue weighted by Crippen LogP contribution is 2.48. The molecule has 0 bridgehead atoms. The van der Waals surface area contributed by atoms with Gasteiger partial charge < -0.3 is 19.7 Å². The van der Waals surface area contributed by atoms with Crippen molar-refractivity contribution < 1.29 is 18.7 Å². The van der Waals surface area contributed by atoms with E-state index in [0.29, 0.717) is 37.1 Å². The summed E-state index contributed by atoms with van der Waals surface area (Å²) in [6.45, 7) is 1.74. The Morgan fingerprint density at radius 1 is 1.39 bits per heavy atom. The van der Waals surface area contributed by atoms with Gasteiger partial charge in [-0.3, -0.25) is 0 Å². The molecule has 1 aromatic carbocycles. The summed E-state index contributed by atoms with van der Waals surface area (Å²) < 4.78 is 23.9. The maximum absolute atomic E-state index is 13.0. The van der Waals surface area contributed by atoms with E-state index in [1.165, 1.54) is 0 Å². The molecule has 0 radical (unpaired) electrons. The third-order valence-corrected chi connectivity index (χ3v) is 5.73. The first kappa shape index (κ1) is 18.5. The summed E-state index contributed by atoms with van der Waals surface area (Å²) in [7, 11) is 1.59. The number of hydrogen-bond acceptors (Lipinski definition) is 5. The number of nitrogens with zero attached hydrogens (tertiary/aromatic N) is 3. The van der Waals surface area contributed by atoms with Crippen LogP contribution in [0.3, 0.4) is 0 Å². The number of likely N-dealkylation sites (tertiary alicyclic amines) is 1. The molecule has 2 aromatic rings. The van der Waals surface area contributed by atoms with Gasteiger partial charge in [0.25, 0.3) is 0 Å². The zero-order valence-corrected chi connectivity index (χ0v) is 15.7. The van der Waals surface area contributed by atoms with Gasteiger partial charge >= 0.3 is 12.0 Å². The van der Waals surface area contributed by atoms with Gasteiger partial charge in [-0.15, -0.1) is 0 Å². The highest BCUT2D eigenvalue weighted by Gasteiger charge is 2.51. The van der Waals surface area contributed by atoms with Crippen molar-refractivity contribution in [1.29, 1.82) is 0 Å². The van der Waals surface area contributed by atoms with Crippen molar-refractivity contribution in [2.75, 3.05) is 32.1 Å². The van der Waals surface area contributed by atoms with Crippen LogP contribution >= 0.6 is 0 Å². The standard InChI is InChI=1S/C20H23FN4O3/c1-27-17-6-2-5-16(8-17)24-19(26)25-11-14-4-3-7-20(14,12-25)13-28-18-22-9-15(21)10-23-18/h2,5-6,8-10,14H,3-4,7,11-13H2,1H3,(H,24,26). The molecule has 1 saturated heterocycles. The zero-order chi connectivity index (χ0) is 19.6. The quantitative estimate of drug-likeness (QED) is 0.853. The Morgan fingerprint density at radius 2 is 2.21 bits per heavy atom. The number of benzene rings is 1. The molecule has 0 spiro atoms. The molecule has 1 N–H and O–H groups in total. The van der Waals surface area contributed by atoms with Gasteiger partial charge in [0.05, 0.1) is 26.1 Å². The average molecular weight is 386 g/mol. The van der Waals surface area contributed by atoms with Crippen LogP contribution in [0.1, 0.15) is 19.3 Å². The van der Waals surface area contributed by atoms with Gasteiger partial charge in [0, 0.05) is 30.3 Å². The van der Waals surface area contributed by atoms with Crippen LogP contribution in [0.4, 0.5) is 14.9 Å². The van der Waals surface area contributed by atoms with Crippen LogP contribution in [0, 0.1) is 17.2 Å². The molecule has 28 heavy (non-hydrogen) atoms. The molecule has 1 aliphatic carbocycles. The average Bonchev–Trinajstić information content (AvgIpc) is 3.25. The number of halogens is 1. The smallest absolute Gasteiger partial charge is 0.321 e. The summed E-state index contributed by atoms with van der Waals surface area (Å²) in [6.07, 6.45) is 5.35. The number of carbonyl (C=O) groups excluding carboxylic acids is 1. The second-order valence-electron chi connectivity index (χ2n) is 7.47. The summed E-state index contributed by atoms with van der Waals surface area (Å²) in [4.78, 5) is 22.3. The van der Waals surface area contributed by atoms with Gasteiger partial charge in [0.1, 0.15) is 5.75 Å². The minimum absolute atomic E-state index is 0.108. The first-order valence-corrected chi connectivity index (χ1v) is 9.38. The lowest BCUT2D eigenvalue weighted by molar-refractivity contribution is 0.122. The monoisotopic (exact) mass is 386 g/mol. The lowest BCUT2D eigenvalue weighted by Gasteiger charge is -2.28. The molecule has 7 nitrogen and oxygen atoms in total. The van der Waals surface area contributed by atoms with Gasteiger partial charge in [-0.2, -0.15) is 0 Å². The number of methoxy groups -OCH3 is 1. The van der Waals surface area contributed by atoms with Gasteiger partial charge in [0.2, 0.25) is 0 Å². The van der Waals surface area contributed by atoms with E-state index in [1.54, 1.807) is 13.2 Å². The van der Waals surface area contributed by atoms with Crippen LogP contribution in [0.5, 0.6) is 11.8 Å². The van der Waals surface area contributed by atoms with Crippen LogP contribution in [-0.4, -0.2) is 47.7 Å². The minimum atomic E-state index is -0.495. The maximum atomic E-state index is 13.0. The Labute approximate surface area is 162 Å². The van der Waals surface area contributed by atoms with Crippen molar-refractivity contribution in [1.82, 2.24) is 14.9 Å². The summed E-state index contributed by atoms with van der Waals surface area (Å²) in [6, 6.07) is 7.34. The number of amides is 2. The Balaban J connectivity index is 1.40. The summed E-state index contributed by atoms with van der Waals surface area (Å²) >= 11 is 0. The van der Waals surface area contributed by atoms with Crippen molar-refractivity contribution >= 4 is 11.7 Å². The summed E-state index contributed by atoms with van der Waals surface area (Å²) in [5, 5.41) is 2.94. The number of nitrogens with one attached hydrogen (secondary N) is 1. The van der Waals surface area contributed by atoms with E-state index in [2.05, 4.69) is 15.3 Å². The lowest BCUT2D eigenvalue weighted by Crippen LogP contribution is -2.37. The fraction of sp³-hybridized carbons (Fsp3) is 0.450. The fourth-order valence-electron chi connectivity index (χ4n) is 4.29. The normalized spacial score (nSPS) is 23.4. The number of rotatable bonds is 5. The zero-order valence-electron chi connectivity index (χ0n) is 15.7. The molecule has 1 aromatic heterocycles. The van der Waals surface area contributed by atoms with Crippen LogP contribution in [0.25, 0.3) is 0 Å². The molecule has 148 valence electrons. The van der Waals surface area contributed by atoms with Gasteiger partial charge in [-0.1, -0.05) is 12.5 Å². The summed E-state index contributed by atoms with van der Waals surface area (Å²) in [5.74, 6) is 0.578. The SMILES string of the molecule is COc1cccc(NC(=O)N2CC3CCCC3(COc3ncc(F)cn3)C2)c1. The molecule has 1 aliphatic heterocycles. The highest BCUT2D eigenvalue weighted by atomic mass is 19.1. The molecule has 2 unspecified atom stereocenters. The number of anilines is 1. The van der Waals surface area contributed by atoms with E-state index >= 15 is 0 Å². The Kier molecular flexibility index (Phi) is 5.02. The van der Waals surface area contributed by atoms with E-state index in [0.717, 1.165) is 31.7 Å². The van der Waals surface area contributed by atoms with E-state index in [4.69, 9.17) is 9.47 Å². The fourth-order valence-corrected chi connectivity index (χ4v) is 4.29. The molecule has 2 heterocycles. The Morgan fingerprint density at radius 3 is 3.00 bits per heavy atom. The largest absolute Gasteiger partial charge is 0.497 e. The number of urea groups is 1. The molecule has 4 rings (SSSR count). The molecule has 2 aliphatic rings. The molecule has 2 fully saturated rings. The maximum Gasteiger partial charge on any atom is 0.321 e. The van der Waals surface area contributed by atoms with Crippen LogP contribution in [0.15, 0.2) is 36.7 Å². The topological polar surface area (TPSA) is 76.6 Å². The first-order valence-electron chi connectivity index (χ1n) is 9.38. The Hall–Kier alpha value is -2.90. The van der Waals surface area contributed by atoms with E-state index < -0.39 is 5.82 Å². The van der Waals surface area contributed by atoms with Gasteiger partial charge in [-0.05, 0) is 30.9 Å². The lowest BCUT2D eigenvalue weighted by atomic mass is 9.82. The third kappa shape index (κ3) is 3.72. The molecular formula is C20H23FN4O3. The number of carbonyl (C=O) groups is 1. The van der Waals surface area contributed by atoms with Crippen molar-refractivity contribution in [3.63, 3.8) is 0 Å². The number of aromatic nitrogens is 2. The van der Waals surface area contributed by atoms with Crippen molar-refractivity contribution in [2.24, 2.45) is 11.3 Å². The van der Waals surface area contributed by atoms with E-state index in [1.807, 2.05) is 23.1 Å². The number of hydrogen-bond donors (Lipinski definition) is 1. The molecule has 2 atom stereocenters. The number of fused-ring (bicyclic) bond motifs is 1. The number of ether oxygens (including phenoxy) is 2. The second kappa shape index (κ2) is 7.61. The van der Waals surface area contributed by atoms with Crippen LogP contribution in [-0.2, 0) is 0 Å². The third-order valence-electron chi connectivity index (χ3n) is 5.73.